The molecular formula is C13H9ClF3NO. The Morgan fingerprint density at radius 1 is 1.00 bits per heavy atom. The SMILES string of the molecule is Oc1ccc(Nc2cccc(Cl)c2)cc1C(F)(F)F. The molecule has 0 atom stereocenters. The van der Waals surface area contributed by atoms with Crippen molar-refractivity contribution in [3.8, 4) is 5.75 Å². The molecule has 0 spiro atoms. The first-order chi connectivity index (χ1) is 8.86. The minimum absolute atomic E-state index is 0.215. The maximum Gasteiger partial charge on any atom is 0.420 e. The number of phenolic OH excluding ortho intramolecular Hbond substituents is 1. The van der Waals surface area contributed by atoms with Crippen LogP contribution in [0.25, 0.3) is 0 Å². The van der Waals surface area contributed by atoms with E-state index in [1.165, 1.54) is 6.07 Å². The van der Waals surface area contributed by atoms with Crippen molar-refractivity contribution in [3.05, 3.63) is 53.1 Å². The Hall–Kier alpha value is -1.88. The van der Waals surface area contributed by atoms with Gasteiger partial charge in [-0.3, -0.25) is 0 Å². The monoisotopic (exact) mass is 287 g/mol. The second-order valence-electron chi connectivity index (χ2n) is 3.87. The Balaban J connectivity index is 2.32. The number of phenols is 1. The zero-order valence-corrected chi connectivity index (χ0v) is 10.3. The zero-order valence-electron chi connectivity index (χ0n) is 9.50. The summed E-state index contributed by atoms with van der Waals surface area (Å²) in [4.78, 5) is 0. The number of rotatable bonds is 2. The van der Waals surface area contributed by atoms with Gasteiger partial charge in [-0.1, -0.05) is 17.7 Å². The van der Waals surface area contributed by atoms with Crippen LogP contribution in [0, 0.1) is 0 Å². The predicted octanol–water partition coefficient (Wildman–Crippen LogP) is 4.81. The fourth-order valence-corrected chi connectivity index (χ4v) is 1.76. The quantitative estimate of drug-likeness (QED) is 0.777. The number of hydrogen-bond donors (Lipinski definition) is 2. The van der Waals surface area contributed by atoms with Crippen LogP contribution >= 0.6 is 11.6 Å². The van der Waals surface area contributed by atoms with Crippen molar-refractivity contribution in [1.29, 1.82) is 0 Å². The summed E-state index contributed by atoms with van der Waals surface area (Å²) >= 11 is 5.78. The number of benzene rings is 2. The summed E-state index contributed by atoms with van der Waals surface area (Å²) < 4.78 is 37.9. The minimum atomic E-state index is -4.60. The molecule has 0 bridgehead atoms. The van der Waals surface area contributed by atoms with E-state index in [0.29, 0.717) is 10.7 Å². The number of nitrogens with one attached hydrogen (secondary N) is 1. The van der Waals surface area contributed by atoms with Crippen LogP contribution in [-0.4, -0.2) is 5.11 Å². The molecule has 100 valence electrons. The predicted molar refractivity (Wildman–Crippen MR) is 67.8 cm³/mol. The van der Waals surface area contributed by atoms with E-state index in [4.69, 9.17) is 11.6 Å². The van der Waals surface area contributed by atoms with E-state index in [2.05, 4.69) is 5.32 Å². The van der Waals surface area contributed by atoms with Crippen LogP contribution in [-0.2, 0) is 6.18 Å². The second kappa shape index (κ2) is 5.01. The smallest absolute Gasteiger partial charge is 0.420 e. The van der Waals surface area contributed by atoms with Crippen molar-refractivity contribution < 1.29 is 18.3 Å². The molecule has 0 aliphatic rings. The van der Waals surface area contributed by atoms with Crippen LogP contribution in [0.15, 0.2) is 42.5 Å². The molecule has 0 heterocycles. The lowest BCUT2D eigenvalue weighted by Crippen LogP contribution is -2.05. The van der Waals surface area contributed by atoms with Gasteiger partial charge in [0, 0.05) is 16.4 Å². The number of aromatic hydroxyl groups is 1. The van der Waals surface area contributed by atoms with E-state index < -0.39 is 17.5 Å². The Bertz CT molecular complexity index is 599. The van der Waals surface area contributed by atoms with E-state index in [1.807, 2.05) is 0 Å². The third kappa shape index (κ3) is 3.32. The summed E-state index contributed by atoms with van der Waals surface area (Å²) in [5.41, 5.74) is -0.307. The number of halogens is 4. The molecule has 2 aromatic rings. The van der Waals surface area contributed by atoms with Gasteiger partial charge in [0.05, 0.1) is 5.56 Å². The lowest BCUT2D eigenvalue weighted by atomic mass is 10.1. The Kier molecular flexibility index (Phi) is 3.57. The van der Waals surface area contributed by atoms with E-state index in [9.17, 15) is 18.3 Å². The summed E-state index contributed by atoms with van der Waals surface area (Å²) in [7, 11) is 0. The van der Waals surface area contributed by atoms with Crippen molar-refractivity contribution in [2.45, 2.75) is 6.18 Å². The van der Waals surface area contributed by atoms with Gasteiger partial charge in [0.1, 0.15) is 5.75 Å². The zero-order chi connectivity index (χ0) is 14.0. The van der Waals surface area contributed by atoms with Gasteiger partial charge in [0.15, 0.2) is 0 Å². The van der Waals surface area contributed by atoms with Gasteiger partial charge in [-0.15, -0.1) is 0 Å². The average Bonchev–Trinajstić information content (AvgIpc) is 2.30. The molecule has 0 saturated carbocycles. The molecule has 0 radical (unpaired) electrons. The van der Waals surface area contributed by atoms with Crippen molar-refractivity contribution in [1.82, 2.24) is 0 Å². The Morgan fingerprint density at radius 3 is 2.32 bits per heavy atom. The van der Waals surface area contributed by atoms with Crippen LogP contribution in [0.5, 0.6) is 5.75 Å². The maximum absolute atomic E-state index is 12.6. The lowest BCUT2D eigenvalue weighted by Gasteiger charge is -2.12. The summed E-state index contributed by atoms with van der Waals surface area (Å²) in [6.45, 7) is 0. The third-order valence-electron chi connectivity index (χ3n) is 2.42. The van der Waals surface area contributed by atoms with Gasteiger partial charge in [-0.05, 0) is 36.4 Å². The minimum Gasteiger partial charge on any atom is -0.507 e. The molecule has 6 heteroatoms. The van der Waals surface area contributed by atoms with E-state index in [0.717, 1.165) is 12.1 Å². The standard InChI is InChI=1S/C13H9ClF3NO/c14-8-2-1-3-9(6-8)18-10-4-5-12(19)11(7-10)13(15,16)17/h1-7,18-19H. The molecule has 0 aromatic heterocycles. The first kappa shape index (κ1) is 13.5. The first-order valence-corrected chi connectivity index (χ1v) is 5.67. The summed E-state index contributed by atoms with van der Waals surface area (Å²) in [5.74, 6) is -0.802. The third-order valence-corrected chi connectivity index (χ3v) is 2.65. The van der Waals surface area contributed by atoms with Gasteiger partial charge < -0.3 is 10.4 Å². The van der Waals surface area contributed by atoms with Crippen LogP contribution in [0.2, 0.25) is 5.02 Å². The largest absolute Gasteiger partial charge is 0.507 e. The van der Waals surface area contributed by atoms with Gasteiger partial charge in [0.25, 0.3) is 0 Å². The molecule has 2 rings (SSSR count). The normalized spacial score (nSPS) is 11.4. The molecule has 0 unspecified atom stereocenters. The molecule has 0 aliphatic heterocycles. The van der Waals surface area contributed by atoms with E-state index in [1.54, 1.807) is 24.3 Å². The van der Waals surface area contributed by atoms with Crippen LogP contribution in [0.1, 0.15) is 5.56 Å². The van der Waals surface area contributed by atoms with Crippen LogP contribution in [0.3, 0.4) is 0 Å². The van der Waals surface area contributed by atoms with Gasteiger partial charge >= 0.3 is 6.18 Å². The fourth-order valence-electron chi connectivity index (χ4n) is 1.57. The highest BCUT2D eigenvalue weighted by Gasteiger charge is 2.34. The average molecular weight is 288 g/mol. The number of hydrogen-bond acceptors (Lipinski definition) is 2. The molecule has 19 heavy (non-hydrogen) atoms. The molecule has 2 N–H and O–H groups in total. The molecule has 0 amide bonds. The molecule has 0 aliphatic carbocycles. The highest BCUT2D eigenvalue weighted by atomic mass is 35.5. The lowest BCUT2D eigenvalue weighted by molar-refractivity contribution is -0.138. The Morgan fingerprint density at radius 2 is 1.68 bits per heavy atom. The summed E-state index contributed by atoms with van der Waals surface area (Å²) in [6, 6.07) is 9.78. The van der Waals surface area contributed by atoms with E-state index in [-0.39, 0.29) is 5.69 Å². The van der Waals surface area contributed by atoms with Crippen molar-refractivity contribution >= 4 is 23.0 Å². The molecular weight excluding hydrogens is 279 g/mol. The summed E-state index contributed by atoms with van der Waals surface area (Å²) in [6.07, 6.45) is -4.60. The van der Waals surface area contributed by atoms with Crippen molar-refractivity contribution in [2.75, 3.05) is 5.32 Å². The van der Waals surface area contributed by atoms with Crippen molar-refractivity contribution in [2.24, 2.45) is 0 Å². The van der Waals surface area contributed by atoms with Crippen LogP contribution in [0.4, 0.5) is 24.5 Å². The highest BCUT2D eigenvalue weighted by molar-refractivity contribution is 6.30. The number of alkyl halides is 3. The number of anilines is 2. The Labute approximate surface area is 112 Å². The second-order valence-corrected chi connectivity index (χ2v) is 4.30. The molecule has 2 nitrogen and oxygen atoms in total. The first-order valence-electron chi connectivity index (χ1n) is 5.29. The molecule has 2 aromatic carbocycles. The van der Waals surface area contributed by atoms with Crippen LogP contribution < -0.4 is 5.32 Å². The fraction of sp³-hybridized carbons (Fsp3) is 0.0769. The van der Waals surface area contributed by atoms with Crippen molar-refractivity contribution in [3.63, 3.8) is 0 Å². The highest BCUT2D eigenvalue weighted by Crippen LogP contribution is 2.37. The van der Waals surface area contributed by atoms with Gasteiger partial charge in [-0.2, -0.15) is 13.2 Å². The molecule has 0 saturated heterocycles. The topological polar surface area (TPSA) is 32.3 Å². The van der Waals surface area contributed by atoms with E-state index >= 15 is 0 Å². The van der Waals surface area contributed by atoms with Gasteiger partial charge in [0.2, 0.25) is 0 Å². The summed E-state index contributed by atoms with van der Waals surface area (Å²) in [5, 5.41) is 12.5. The van der Waals surface area contributed by atoms with Gasteiger partial charge in [-0.25, -0.2) is 0 Å². The molecule has 0 fully saturated rings. The maximum atomic E-state index is 12.6.